The average Bonchev–Trinajstić information content (AvgIpc) is 3.29. The van der Waals surface area contributed by atoms with Gasteiger partial charge in [-0.3, -0.25) is 19.3 Å². The van der Waals surface area contributed by atoms with E-state index >= 15 is 0 Å². The van der Waals surface area contributed by atoms with Gasteiger partial charge in [0.25, 0.3) is 0 Å². The molecule has 2 aliphatic carbocycles. The Bertz CT molecular complexity index is 531. The van der Waals surface area contributed by atoms with Gasteiger partial charge in [-0.25, -0.2) is 0 Å². The Labute approximate surface area is 169 Å². The van der Waals surface area contributed by atoms with Crippen molar-refractivity contribution in [2.24, 2.45) is 23.7 Å². The van der Waals surface area contributed by atoms with E-state index in [2.05, 4.69) is 0 Å². The van der Waals surface area contributed by atoms with E-state index < -0.39 is 5.97 Å². The molecule has 28 heavy (non-hydrogen) atoms. The molecule has 0 aromatic carbocycles. The van der Waals surface area contributed by atoms with Gasteiger partial charge in [-0.15, -0.1) is 0 Å². The summed E-state index contributed by atoms with van der Waals surface area (Å²) in [5, 5.41) is 9.47. The van der Waals surface area contributed by atoms with Gasteiger partial charge in [0.15, 0.2) is 0 Å². The normalized spacial score (nSPS) is 26.6. The molecule has 3 atom stereocenters. The number of fused-ring (bicyclic) bond motifs is 1. The summed E-state index contributed by atoms with van der Waals surface area (Å²) >= 11 is 0. The second-order valence-electron chi connectivity index (χ2n) is 9.22. The smallest absolute Gasteiger partial charge is 0.306 e. The summed E-state index contributed by atoms with van der Waals surface area (Å²) in [6, 6.07) is 0. The van der Waals surface area contributed by atoms with Crippen molar-refractivity contribution in [1.82, 2.24) is 4.90 Å². The van der Waals surface area contributed by atoms with E-state index in [0.717, 1.165) is 83.5 Å². The zero-order valence-corrected chi connectivity index (χ0v) is 17.2. The van der Waals surface area contributed by atoms with Gasteiger partial charge in [0.05, 0.1) is 17.8 Å². The maximum absolute atomic E-state index is 12.4. The van der Waals surface area contributed by atoms with Crippen LogP contribution in [0.3, 0.4) is 0 Å². The van der Waals surface area contributed by atoms with Crippen molar-refractivity contribution in [3.63, 3.8) is 0 Å². The molecule has 0 bridgehead atoms. The number of likely N-dealkylation sites (tertiary alicyclic amines) is 1. The second kappa shape index (κ2) is 10.4. The van der Waals surface area contributed by atoms with E-state index in [1.54, 1.807) is 4.90 Å². The number of imide groups is 1. The van der Waals surface area contributed by atoms with Crippen LogP contribution >= 0.6 is 0 Å². The predicted molar refractivity (Wildman–Crippen MR) is 108 cm³/mol. The third-order valence-electron chi connectivity index (χ3n) is 7.37. The SMILES string of the molecule is O=C(O)C(CCCCCCCCN1C(=O)C2CCCCC2C1=O)C1CCCC1. The van der Waals surface area contributed by atoms with Gasteiger partial charge in [0.2, 0.25) is 11.8 Å². The number of hydrogen-bond donors (Lipinski definition) is 1. The number of carbonyl (C=O) groups is 3. The summed E-state index contributed by atoms with van der Waals surface area (Å²) in [5.41, 5.74) is 0. The largest absolute Gasteiger partial charge is 0.481 e. The number of carboxylic acid groups (broad SMARTS) is 1. The molecule has 0 spiro atoms. The van der Waals surface area contributed by atoms with Gasteiger partial charge < -0.3 is 5.11 Å². The van der Waals surface area contributed by atoms with Crippen molar-refractivity contribution in [3.05, 3.63) is 0 Å². The van der Waals surface area contributed by atoms with Crippen molar-refractivity contribution in [1.29, 1.82) is 0 Å². The lowest BCUT2D eigenvalue weighted by Crippen LogP contribution is -2.32. The van der Waals surface area contributed by atoms with Crippen molar-refractivity contribution in [3.8, 4) is 0 Å². The van der Waals surface area contributed by atoms with Gasteiger partial charge in [0.1, 0.15) is 0 Å². The van der Waals surface area contributed by atoms with Crippen LogP contribution in [0.25, 0.3) is 0 Å². The highest BCUT2D eigenvalue weighted by molar-refractivity contribution is 6.05. The lowest BCUT2D eigenvalue weighted by Gasteiger charge is -2.19. The molecule has 1 aliphatic heterocycles. The summed E-state index contributed by atoms with van der Waals surface area (Å²) in [6.07, 6.45) is 15.6. The van der Waals surface area contributed by atoms with Crippen molar-refractivity contribution >= 4 is 17.8 Å². The maximum atomic E-state index is 12.4. The van der Waals surface area contributed by atoms with Crippen LogP contribution in [-0.4, -0.2) is 34.3 Å². The van der Waals surface area contributed by atoms with Crippen LogP contribution < -0.4 is 0 Å². The molecule has 3 unspecified atom stereocenters. The molecule has 1 saturated heterocycles. The monoisotopic (exact) mass is 391 g/mol. The summed E-state index contributed by atoms with van der Waals surface area (Å²) in [6.45, 7) is 0.591. The zero-order valence-electron chi connectivity index (χ0n) is 17.2. The van der Waals surface area contributed by atoms with Crippen molar-refractivity contribution in [2.75, 3.05) is 6.54 Å². The molecule has 3 rings (SSSR count). The lowest BCUT2D eigenvalue weighted by atomic mass is 9.81. The Morgan fingerprint density at radius 1 is 0.821 bits per heavy atom. The Hall–Kier alpha value is -1.39. The summed E-state index contributed by atoms with van der Waals surface area (Å²) < 4.78 is 0. The van der Waals surface area contributed by atoms with Crippen LogP contribution in [0.15, 0.2) is 0 Å². The number of carboxylic acids is 1. The topological polar surface area (TPSA) is 74.7 Å². The van der Waals surface area contributed by atoms with Gasteiger partial charge in [-0.1, -0.05) is 57.8 Å². The van der Waals surface area contributed by atoms with Gasteiger partial charge >= 0.3 is 5.97 Å². The maximum Gasteiger partial charge on any atom is 0.306 e. The van der Waals surface area contributed by atoms with E-state index in [-0.39, 0.29) is 29.6 Å². The molecule has 5 nitrogen and oxygen atoms in total. The Morgan fingerprint density at radius 2 is 1.32 bits per heavy atom. The highest BCUT2D eigenvalue weighted by atomic mass is 16.4. The lowest BCUT2D eigenvalue weighted by molar-refractivity contribution is -0.144. The van der Waals surface area contributed by atoms with E-state index in [0.29, 0.717) is 12.5 Å². The molecule has 0 radical (unpaired) electrons. The number of hydrogen-bond acceptors (Lipinski definition) is 3. The molecular weight excluding hydrogens is 354 g/mol. The summed E-state index contributed by atoms with van der Waals surface area (Å²) in [5.74, 6) is -0.225. The van der Waals surface area contributed by atoms with Crippen LogP contribution in [0, 0.1) is 23.7 Å². The highest BCUT2D eigenvalue weighted by Gasteiger charge is 2.47. The van der Waals surface area contributed by atoms with Crippen LogP contribution in [0.4, 0.5) is 0 Å². The first-order valence-electron chi connectivity index (χ1n) is 11.7. The minimum absolute atomic E-state index is 0.0247. The number of carbonyl (C=O) groups excluding carboxylic acids is 2. The molecule has 3 fully saturated rings. The minimum Gasteiger partial charge on any atom is -0.481 e. The Balaban J connectivity index is 1.26. The zero-order chi connectivity index (χ0) is 19.9. The average molecular weight is 392 g/mol. The van der Waals surface area contributed by atoms with Crippen molar-refractivity contribution in [2.45, 2.75) is 96.3 Å². The first-order chi connectivity index (χ1) is 13.6. The molecular formula is C23H37NO4. The number of unbranched alkanes of at least 4 members (excludes halogenated alkanes) is 5. The predicted octanol–water partition coefficient (Wildman–Crippen LogP) is 4.78. The van der Waals surface area contributed by atoms with Gasteiger partial charge in [-0.2, -0.15) is 0 Å². The Morgan fingerprint density at radius 3 is 1.89 bits per heavy atom. The van der Waals surface area contributed by atoms with Crippen LogP contribution in [0.2, 0.25) is 0 Å². The number of amides is 2. The molecule has 0 aromatic rings. The number of nitrogens with zero attached hydrogens (tertiary/aromatic N) is 1. The summed E-state index contributed by atoms with van der Waals surface area (Å²) in [4.78, 5) is 37.9. The third kappa shape index (κ3) is 5.15. The first kappa shape index (κ1) is 21.3. The van der Waals surface area contributed by atoms with Crippen LogP contribution in [0.1, 0.15) is 96.3 Å². The van der Waals surface area contributed by atoms with E-state index in [1.807, 2.05) is 0 Å². The minimum atomic E-state index is -0.604. The van der Waals surface area contributed by atoms with E-state index in [1.165, 1.54) is 12.8 Å². The van der Waals surface area contributed by atoms with E-state index in [9.17, 15) is 19.5 Å². The molecule has 3 aliphatic rings. The fraction of sp³-hybridized carbons (Fsp3) is 0.870. The molecule has 5 heteroatoms. The van der Waals surface area contributed by atoms with Gasteiger partial charge in [0, 0.05) is 6.54 Å². The second-order valence-corrected chi connectivity index (χ2v) is 9.22. The van der Waals surface area contributed by atoms with Crippen molar-refractivity contribution < 1.29 is 19.5 Å². The quantitative estimate of drug-likeness (QED) is 0.406. The molecule has 2 amide bonds. The molecule has 0 aromatic heterocycles. The number of rotatable bonds is 11. The third-order valence-corrected chi connectivity index (χ3v) is 7.37. The number of aliphatic carboxylic acids is 1. The standard InChI is InChI=1S/C23H37NO4/c25-21-19-14-8-9-15-20(19)22(26)24(21)16-10-4-2-1-3-5-13-18(23(27)28)17-11-6-7-12-17/h17-20H,1-16H2,(H,27,28). The summed E-state index contributed by atoms with van der Waals surface area (Å²) in [7, 11) is 0. The fourth-order valence-electron chi connectivity index (χ4n) is 5.71. The first-order valence-corrected chi connectivity index (χ1v) is 11.7. The Kier molecular flexibility index (Phi) is 7.92. The van der Waals surface area contributed by atoms with Crippen LogP contribution in [0.5, 0.6) is 0 Å². The fourth-order valence-corrected chi connectivity index (χ4v) is 5.71. The molecule has 2 saturated carbocycles. The van der Waals surface area contributed by atoms with Gasteiger partial charge in [-0.05, 0) is 44.4 Å². The van der Waals surface area contributed by atoms with E-state index in [4.69, 9.17) is 0 Å². The van der Waals surface area contributed by atoms with Crippen LogP contribution in [-0.2, 0) is 14.4 Å². The molecule has 158 valence electrons. The molecule has 1 N–H and O–H groups in total. The molecule has 1 heterocycles. The highest BCUT2D eigenvalue weighted by Crippen LogP contribution is 2.38.